The molecule has 1 aromatic carbocycles. The van der Waals surface area contributed by atoms with Crippen LogP contribution < -0.4 is 10.2 Å². The van der Waals surface area contributed by atoms with Gasteiger partial charge in [0.15, 0.2) is 0 Å². The Kier molecular flexibility index (Phi) is 3.81. The van der Waals surface area contributed by atoms with Crippen LogP contribution in [0.4, 0.5) is 10.1 Å². The smallest absolute Gasteiger partial charge is 0.124 e. The van der Waals surface area contributed by atoms with E-state index in [0.717, 1.165) is 10.2 Å². The molecule has 4 heteroatoms. The molecule has 2 atom stereocenters. The van der Waals surface area contributed by atoms with Crippen molar-refractivity contribution < 1.29 is 4.39 Å². The van der Waals surface area contributed by atoms with Crippen molar-refractivity contribution in [3.8, 4) is 0 Å². The van der Waals surface area contributed by atoms with Crippen molar-refractivity contribution >= 4 is 21.6 Å². The molecule has 2 aliphatic rings. The summed E-state index contributed by atoms with van der Waals surface area (Å²) in [5.74, 6) is -0.175. The van der Waals surface area contributed by atoms with Gasteiger partial charge in [-0.3, -0.25) is 0 Å². The van der Waals surface area contributed by atoms with E-state index in [2.05, 4.69) is 33.2 Å². The van der Waals surface area contributed by atoms with Gasteiger partial charge in [0.05, 0.1) is 5.69 Å². The van der Waals surface area contributed by atoms with Crippen molar-refractivity contribution in [2.75, 3.05) is 11.9 Å². The number of nitrogens with one attached hydrogen (secondary N) is 1. The third kappa shape index (κ3) is 2.52. The number of fused-ring (bicyclic) bond motifs is 2. The van der Waals surface area contributed by atoms with Crippen molar-refractivity contribution in [2.24, 2.45) is 0 Å². The number of benzene rings is 1. The molecule has 0 aromatic heterocycles. The maximum absolute atomic E-state index is 13.3. The molecule has 0 radical (unpaired) electrons. The fraction of sp³-hybridized carbons (Fsp3) is 0.600. The fourth-order valence-electron chi connectivity index (χ4n) is 3.70. The highest BCUT2D eigenvalue weighted by Crippen LogP contribution is 2.40. The Labute approximate surface area is 122 Å². The molecule has 2 heterocycles. The molecule has 2 saturated heterocycles. The Hall–Kier alpha value is -0.610. The Morgan fingerprint density at radius 1 is 1.26 bits per heavy atom. The molecule has 0 aliphatic carbocycles. The highest BCUT2D eigenvalue weighted by atomic mass is 79.9. The van der Waals surface area contributed by atoms with E-state index in [0.29, 0.717) is 18.1 Å². The first-order valence-electron chi connectivity index (χ1n) is 7.09. The number of piperidine rings is 2. The van der Waals surface area contributed by atoms with Gasteiger partial charge in [0.2, 0.25) is 0 Å². The minimum atomic E-state index is -0.175. The summed E-state index contributed by atoms with van der Waals surface area (Å²) in [5, 5.41) is 3.43. The summed E-state index contributed by atoms with van der Waals surface area (Å²) < 4.78 is 14.1. The summed E-state index contributed by atoms with van der Waals surface area (Å²) in [7, 11) is 2.06. The zero-order valence-electron chi connectivity index (χ0n) is 11.2. The second-order valence-electron chi connectivity index (χ2n) is 5.70. The summed E-state index contributed by atoms with van der Waals surface area (Å²) >= 11 is 3.53. The molecule has 1 aromatic rings. The number of halogens is 2. The highest BCUT2D eigenvalue weighted by molar-refractivity contribution is 9.10. The van der Waals surface area contributed by atoms with E-state index in [9.17, 15) is 4.39 Å². The van der Waals surface area contributed by atoms with Crippen LogP contribution >= 0.6 is 15.9 Å². The molecule has 2 unspecified atom stereocenters. The van der Waals surface area contributed by atoms with Crippen LogP contribution in [0.5, 0.6) is 0 Å². The lowest BCUT2D eigenvalue weighted by atomic mass is 9.81. The fourth-order valence-corrected chi connectivity index (χ4v) is 4.26. The first-order chi connectivity index (χ1) is 9.19. The quantitative estimate of drug-likeness (QED) is 0.891. The van der Waals surface area contributed by atoms with Crippen LogP contribution in [0.15, 0.2) is 22.7 Å². The normalized spacial score (nSPS) is 30.5. The molecule has 19 heavy (non-hydrogen) atoms. The molecular formula is C15H20BrFN2. The molecule has 2 nitrogen and oxygen atoms in total. The third-order valence-corrected chi connectivity index (χ3v) is 5.21. The van der Waals surface area contributed by atoms with Crippen LogP contribution in [-0.2, 0) is 0 Å². The average Bonchev–Trinajstić information content (AvgIpc) is 2.37. The lowest BCUT2D eigenvalue weighted by Crippen LogP contribution is -2.56. The lowest BCUT2D eigenvalue weighted by molar-refractivity contribution is 0.252. The van der Waals surface area contributed by atoms with Crippen LogP contribution in [0.25, 0.3) is 0 Å². The molecule has 2 aliphatic heterocycles. The predicted octanol–water partition coefficient (Wildman–Crippen LogP) is 3.70. The Morgan fingerprint density at radius 3 is 2.53 bits per heavy atom. The number of nitrogens with zero attached hydrogens (tertiary/aromatic N) is 1. The van der Waals surface area contributed by atoms with Crippen LogP contribution in [0, 0.1) is 5.82 Å². The second kappa shape index (κ2) is 5.41. The van der Waals surface area contributed by atoms with E-state index < -0.39 is 0 Å². The molecule has 104 valence electrons. The molecule has 2 bridgehead atoms. The topological polar surface area (TPSA) is 15.3 Å². The van der Waals surface area contributed by atoms with E-state index in [1.807, 2.05) is 6.07 Å². The van der Waals surface area contributed by atoms with Crippen LogP contribution in [0.3, 0.4) is 0 Å². The highest BCUT2D eigenvalue weighted by Gasteiger charge is 2.38. The molecule has 0 saturated carbocycles. The van der Waals surface area contributed by atoms with Gasteiger partial charge in [-0.2, -0.15) is 0 Å². The maximum Gasteiger partial charge on any atom is 0.124 e. The molecule has 3 rings (SSSR count). The standard InChI is InChI=1S/C15H20BrFN2/c1-18-11-8-12-3-2-4-13(9-11)19(12)15-6-5-10(17)7-14(15)16/h5-7,11-13,18H,2-4,8-9H2,1H3. The van der Waals surface area contributed by atoms with Crippen LogP contribution in [0.1, 0.15) is 32.1 Å². The van der Waals surface area contributed by atoms with Gasteiger partial charge in [0, 0.05) is 22.6 Å². The lowest BCUT2D eigenvalue weighted by Gasteiger charge is -2.50. The molecule has 0 spiro atoms. The summed E-state index contributed by atoms with van der Waals surface area (Å²) in [6.07, 6.45) is 6.20. The van der Waals surface area contributed by atoms with Gasteiger partial charge in [-0.25, -0.2) is 4.39 Å². The first-order valence-corrected chi connectivity index (χ1v) is 7.89. The largest absolute Gasteiger partial charge is 0.365 e. The summed E-state index contributed by atoms with van der Waals surface area (Å²) in [6, 6.07) is 6.88. The summed E-state index contributed by atoms with van der Waals surface area (Å²) in [5.41, 5.74) is 1.16. The van der Waals surface area contributed by atoms with Crippen molar-refractivity contribution in [3.63, 3.8) is 0 Å². The monoisotopic (exact) mass is 326 g/mol. The summed E-state index contributed by atoms with van der Waals surface area (Å²) in [4.78, 5) is 2.53. The van der Waals surface area contributed by atoms with E-state index in [1.165, 1.54) is 32.1 Å². The van der Waals surface area contributed by atoms with Crippen LogP contribution in [-0.4, -0.2) is 25.2 Å². The minimum absolute atomic E-state index is 0.175. The van der Waals surface area contributed by atoms with E-state index >= 15 is 0 Å². The van der Waals surface area contributed by atoms with Crippen molar-refractivity contribution in [3.05, 3.63) is 28.5 Å². The van der Waals surface area contributed by atoms with E-state index in [4.69, 9.17) is 0 Å². The molecule has 1 N–H and O–H groups in total. The van der Waals surface area contributed by atoms with E-state index in [1.54, 1.807) is 12.1 Å². The van der Waals surface area contributed by atoms with Gasteiger partial charge in [0.25, 0.3) is 0 Å². The molecular weight excluding hydrogens is 307 g/mol. The SMILES string of the molecule is CNC1CC2CCCC(C1)N2c1ccc(F)cc1Br. The van der Waals surface area contributed by atoms with Crippen LogP contribution in [0.2, 0.25) is 0 Å². The zero-order chi connectivity index (χ0) is 13.4. The first kappa shape index (κ1) is 13.4. The van der Waals surface area contributed by atoms with Gasteiger partial charge < -0.3 is 10.2 Å². The van der Waals surface area contributed by atoms with Gasteiger partial charge in [-0.05, 0) is 73.3 Å². The van der Waals surface area contributed by atoms with Gasteiger partial charge in [-0.15, -0.1) is 0 Å². The van der Waals surface area contributed by atoms with Crippen molar-refractivity contribution in [2.45, 2.75) is 50.2 Å². The number of anilines is 1. The Balaban J connectivity index is 1.91. The molecule has 2 fully saturated rings. The van der Waals surface area contributed by atoms with Crippen molar-refractivity contribution in [1.29, 1.82) is 0 Å². The zero-order valence-corrected chi connectivity index (χ0v) is 12.8. The predicted molar refractivity (Wildman–Crippen MR) is 80.1 cm³/mol. The third-order valence-electron chi connectivity index (χ3n) is 4.57. The summed E-state index contributed by atoms with van der Waals surface area (Å²) in [6.45, 7) is 0. The van der Waals surface area contributed by atoms with Crippen molar-refractivity contribution in [1.82, 2.24) is 5.32 Å². The van der Waals surface area contributed by atoms with Gasteiger partial charge in [-0.1, -0.05) is 0 Å². The van der Waals surface area contributed by atoms with Gasteiger partial charge in [0.1, 0.15) is 5.82 Å². The molecule has 0 amide bonds. The average molecular weight is 327 g/mol. The second-order valence-corrected chi connectivity index (χ2v) is 6.55. The number of rotatable bonds is 2. The Morgan fingerprint density at radius 2 is 1.95 bits per heavy atom. The Bertz CT molecular complexity index is 451. The number of hydrogen-bond donors (Lipinski definition) is 1. The van der Waals surface area contributed by atoms with Gasteiger partial charge >= 0.3 is 0 Å². The minimum Gasteiger partial charge on any atom is -0.365 e. The number of hydrogen-bond acceptors (Lipinski definition) is 2. The van der Waals surface area contributed by atoms with E-state index in [-0.39, 0.29) is 5.82 Å². The maximum atomic E-state index is 13.3.